The summed E-state index contributed by atoms with van der Waals surface area (Å²) in [5.41, 5.74) is -0.203. The van der Waals surface area contributed by atoms with E-state index < -0.39 is 0 Å². The van der Waals surface area contributed by atoms with Crippen molar-refractivity contribution in [1.29, 1.82) is 0 Å². The van der Waals surface area contributed by atoms with Gasteiger partial charge in [-0.25, -0.2) is 4.68 Å². The van der Waals surface area contributed by atoms with Crippen LogP contribution in [0.15, 0.2) is 35.3 Å². The third-order valence-electron chi connectivity index (χ3n) is 6.21. The summed E-state index contributed by atoms with van der Waals surface area (Å²) in [6, 6.07) is 7.97. The number of carbonyl (C=O) groups excluding carboxylic acids is 1. The van der Waals surface area contributed by atoms with Crippen LogP contribution in [0.2, 0.25) is 0 Å². The molecule has 1 amide bonds. The summed E-state index contributed by atoms with van der Waals surface area (Å²) in [5, 5.41) is 5.60. The fraction of sp³-hybridized carbons (Fsp3) is 0.571. The molecular weight excluding hydrogens is 340 g/mol. The van der Waals surface area contributed by atoms with Crippen molar-refractivity contribution < 1.29 is 4.79 Å². The third-order valence-corrected chi connectivity index (χ3v) is 6.21. The van der Waals surface area contributed by atoms with Crippen molar-refractivity contribution in [2.45, 2.75) is 44.7 Å². The van der Waals surface area contributed by atoms with E-state index in [1.165, 1.54) is 49.9 Å². The summed E-state index contributed by atoms with van der Waals surface area (Å²) >= 11 is 0. The molecule has 3 heterocycles. The van der Waals surface area contributed by atoms with Gasteiger partial charge in [0.25, 0.3) is 5.56 Å². The molecule has 0 aliphatic carbocycles. The minimum absolute atomic E-state index is 0.00126. The highest BCUT2D eigenvalue weighted by Gasteiger charge is 2.34. The predicted octanol–water partition coefficient (Wildman–Crippen LogP) is 2.12. The van der Waals surface area contributed by atoms with Gasteiger partial charge in [0.1, 0.15) is 6.54 Å². The molecule has 4 rings (SSSR count). The molecule has 2 saturated heterocycles. The lowest BCUT2D eigenvalue weighted by Crippen LogP contribution is -2.51. The van der Waals surface area contributed by atoms with Crippen LogP contribution in [0, 0.1) is 5.92 Å². The zero-order valence-electron chi connectivity index (χ0n) is 16.0. The highest BCUT2D eigenvalue weighted by Crippen LogP contribution is 2.31. The van der Waals surface area contributed by atoms with E-state index in [2.05, 4.69) is 10.00 Å². The Kier molecular flexibility index (Phi) is 5.25. The third kappa shape index (κ3) is 3.76. The summed E-state index contributed by atoms with van der Waals surface area (Å²) in [4.78, 5) is 29.7. The van der Waals surface area contributed by atoms with Gasteiger partial charge in [0.05, 0.1) is 11.6 Å². The van der Waals surface area contributed by atoms with Crippen molar-refractivity contribution >= 4 is 16.7 Å². The van der Waals surface area contributed by atoms with Gasteiger partial charge in [-0.1, -0.05) is 24.6 Å². The lowest BCUT2D eigenvalue weighted by atomic mass is 9.83. The predicted molar refractivity (Wildman–Crippen MR) is 106 cm³/mol. The second kappa shape index (κ2) is 7.80. The molecule has 0 unspecified atom stereocenters. The van der Waals surface area contributed by atoms with Gasteiger partial charge in [-0.2, -0.15) is 5.10 Å². The zero-order chi connectivity index (χ0) is 18.8. The number of hydrogen-bond donors (Lipinski definition) is 0. The lowest BCUT2D eigenvalue weighted by Gasteiger charge is -2.45. The molecule has 6 heteroatoms. The van der Waals surface area contributed by atoms with E-state index in [0.717, 1.165) is 11.9 Å². The maximum atomic E-state index is 12.7. The fourth-order valence-corrected chi connectivity index (χ4v) is 4.73. The molecule has 2 aliphatic rings. The molecule has 2 atom stereocenters. The Morgan fingerprint density at radius 3 is 2.89 bits per heavy atom. The van der Waals surface area contributed by atoms with Crippen molar-refractivity contribution in [2.24, 2.45) is 5.92 Å². The normalized spacial score (nSPS) is 23.1. The van der Waals surface area contributed by atoms with Gasteiger partial charge >= 0.3 is 0 Å². The van der Waals surface area contributed by atoms with Gasteiger partial charge in [0.15, 0.2) is 0 Å². The molecule has 6 nitrogen and oxygen atoms in total. The first kappa shape index (κ1) is 18.2. The van der Waals surface area contributed by atoms with Gasteiger partial charge < -0.3 is 9.80 Å². The van der Waals surface area contributed by atoms with Crippen molar-refractivity contribution in [3.05, 3.63) is 40.8 Å². The number of rotatable bonds is 4. The first-order chi connectivity index (χ1) is 13.1. The van der Waals surface area contributed by atoms with E-state index in [-0.39, 0.29) is 18.0 Å². The molecule has 144 valence electrons. The average molecular weight is 368 g/mol. The molecule has 27 heavy (non-hydrogen) atoms. The van der Waals surface area contributed by atoms with Crippen LogP contribution in [0.5, 0.6) is 0 Å². The molecule has 1 aromatic heterocycles. The molecule has 2 aliphatic heterocycles. The maximum Gasteiger partial charge on any atom is 0.275 e. The van der Waals surface area contributed by atoms with E-state index in [1.54, 1.807) is 17.2 Å². The quantitative estimate of drug-likeness (QED) is 0.829. The number of nitrogens with zero attached hydrogens (tertiary/aromatic N) is 4. The SMILES string of the molecule is CN(C[C@H]1CCCN2CCCC[C@@H]12)C(=O)Cn1ncc2ccccc2c1=O. The molecule has 2 fully saturated rings. The summed E-state index contributed by atoms with van der Waals surface area (Å²) < 4.78 is 1.29. The average Bonchev–Trinajstić information content (AvgIpc) is 2.70. The lowest BCUT2D eigenvalue weighted by molar-refractivity contribution is -0.132. The smallest absolute Gasteiger partial charge is 0.275 e. The molecule has 0 bridgehead atoms. The Hall–Kier alpha value is -2.21. The number of aromatic nitrogens is 2. The Labute approximate surface area is 159 Å². The summed E-state index contributed by atoms with van der Waals surface area (Å²) in [6.07, 6.45) is 7.91. The summed E-state index contributed by atoms with van der Waals surface area (Å²) in [7, 11) is 1.86. The summed E-state index contributed by atoms with van der Waals surface area (Å²) in [5.74, 6) is 0.488. The Balaban J connectivity index is 1.43. The molecule has 0 radical (unpaired) electrons. The van der Waals surface area contributed by atoms with Gasteiger partial charge in [-0.3, -0.25) is 9.59 Å². The van der Waals surface area contributed by atoms with E-state index in [9.17, 15) is 9.59 Å². The van der Waals surface area contributed by atoms with Crippen LogP contribution in [0.4, 0.5) is 0 Å². The number of likely N-dealkylation sites (N-methyl/N-ethyl adjacent to an activating group) is 1. The van der Waals surface area contributed by atoms with Crippen molar-refractivity contribution in [1.82, 2.24) is 19.6 Å². The first-order valence-electron chi connectivity index (χ1n) is 10.1. The number of amides is 1. The van der Waals surface area contributed by atoms with Gasteiger partial charge in [0, 0.05) is 25.0 Å². The molecule has 0 N–H and O–H groups in total. The molecular formula is C21H28N4O2. The van der Waals surface area contributed by atoms with E-state index in [4.69, 9.17) is 0 Å². The van der Waals surface area contributed by atoms with Crippen LogP contribution in [-0.4, -0.2) is 58.2 Å². The van der Waals surface area contributed by atoms with Crippen LogP contribution >= 0.6 is 0 Å². The van der Waals surface area contributed by atoms with E-state index in [0.29, 0.717) is 17.3 Å². The van der Waals surface area contributed by atoms with Crippen LogP contribution in [0.1, 0.15) is 32.1 Å². The first-order valence-corrected chi connectivity index (χ1v) is 10.1. The number of fused-ring (bicyclic) bond motifs is 2. The molecule has 2 aromatic rings. The fourth-order valence-electron chi connectivity index (χ4n) is 4.73. The highest BCUT2D eigenvalue weighted by atomic mass is 16.2. The van der Waals surface area contributed by atoms with Crippen molar-refractivity contribution in [3.8, 4) is 0 Å². The van der Waals surface area contributed by atoms with Crippen molar-refractivity contribution in [3.63, 3.8) is 0 Å². The van der Waals surface area contributed by atoms with Gasteiger partial charge in [0.2, 0.25) is 5.91 Å². The largest absolute Gasteiger partial charge is 0.344 e. The van der Waals surface area contributed by atoms with Crippen LogP contribution in [-0.2, 0) is 11.3 Å². The molecule has 0 spiro atoms. The van der Waals surface area contributed by atoms with Crippen molar-refractivity contribution in [2.75, 3.05) is 26.7 Å². The van der Waals surface area contributed by atoms with Crippen LogP contribution in [0.3, 0.4) is 0 Å². The zero-order valence-corrected chi connectivity index (χ0v) is 16.0. The number of hydrogen-bond acceptors (Lipinski definition) is 4. The van der Waals surface area contributed by atoms with Gasteiger partial charge in [-0.05, 0) is 50.8 Å². The van der Waals surface area contributed by atoms with Gasteiger partial charge in [-0.15, -0.1) is 0 Å². The Morgan fingerprint density at radius 1 is 1.19 bits per heavy atom. The Morgan fingerprint density at radius 2 is 2.00 bits per heavy atom. The maximum absolute atomic E-state index is 12.7. The number of benzene rings is 1. The Bertz CT molecular complexity index is 876. The number of piperidine rings is 2. The molecule has 1 aromatic carbocycles. The topological polar surface area (TPSA) is 58.4 Å². The number of carbonyl (C=O) groups is 1. The summed E-state index contributed by atoms with van der Waals surface area (Å²) in [6.45, 7) is 3.17. The van der Waals surface area contributed by atoms with Crippen LogP contribution in [0.25, 0.3) is 10.8 Å². The monoisotopic (exact) mass is 368 g/mol. The second-order valence-electron chi connectivity index (χ2n) is 7.97. The minimum Gasteiger partial charge on any atom is -0.344 e. The van der Waals surface area contributed by atoms with E-state index in [1.807, 2.05) is 25.2 Å². The second-order valence-corrected chi connectivity index (χ2v) is 7.97. The molecule has 0 saturated carbocycles. The highest BCUT2D eigenvalue weighted by molar-refractivity contribution is 5.81. The van der Waals surface area contributed by atoms with Crippen LogP contribution < -0.4 is 5.56 Å². The minimum atomic E-state index is -0.203. The van der Waals surface area contributed by atoms with E-state index >= 15 is 0 Å². The standard InChI is InChI=1S/C21H28N4O2/c1-23(14-17-8-6-12-24-11-5-4-10-19(17)24)20(26)15-25-21(27)18-9-3-2-7-16(18)13-22-25/h2-3,7,9,13,17,19H,4-6,8,10-12,14-15H2,1H3/t17-,19+/m1/s1.